The Morgan fingerprint density at radius 3 is 1.36 bits per heavy atom. The van der Waals surface area contributed by atoms with E-state index in [-0.39, 0.29) is 20.0 Å². The van der Waals surface area contributed by atoms with Crippen LogP contribution in [0.25, 0.3) is 0 Å². The van der Waals surface area contributed by atoms with Crippen molar-refractivity contribution in [2.45, 2.75) is 63.0 Å². The molecule has 11 heteroatoms. The Hall–Kier alpha value is -2.64. The quantitative estimate of drug-likeness (QED) is 0.204. The number of fused-ring (bicyclic) bond motifs is 1. The van der Waals surface area contributed by atoms with Gasteiger partial charge in [-0.05, 0) is 86.1 Å². The molecule has 4 atom stereocenters. The zero-order chi connectivity index (χ0) is 30.9. The summed E-state index contributed by atoms with van der Waals surface area (Å²) in [5.74, 6) is 3.14. The van der Waals surface area contributed by atoms with Crippen LogP contribution in [0, 0.1) is 11.8 Å². The van der Waals surface area contributed by atoms with E-state index in [0.717, 1.165) is 36.5 Å². The maximum Gasteiger partial charge on any atom is 0.280 e. The lowest BCUT2D eigenvalue weighted by Crippen LogP contribution is -2.45. The van der Waals surface area contributed by atoms with Gasteiger partial charge in [0.1, 0.15) is 80.6 Å². The van der Waals surface area contributed by atoms with Gasteiger partial charge < -0.3 is 52.1 Å². The summed E-state index contributed by atoms with van der Waals surface area (Å²) in [4.78, 5) is 0. The Morgan fingerprint density at radius 2 is 0.978 bits per heavy atom. The average Bonchev–Trinajstić information content (AvgIpc) is 4.00. The van der Waals surface area contributed by atoms with Crippen LogP contribution in [0.1, 0.15) is 32.6 Å². The van der Waals surface area contributed by atoms with E-state index in [2.05, 4.69) is 0 Å². The lowest BCUT2D eigenvalue weighted by atomic mass is 10.0. The van der Waals surface area contributed by atoms with Crippen molar-refractivity contribution >= 4 is 0 Å². The average molecular weight is 631 g/mol. The Kier molecular flexibility index (Phi) is 11.3. The molecule has 2 heterocycles. The van der Waals surface area contributed by atoms with Gasteiger partial charge in [-0.15, -0.1) is 0 Å². The first kappa shape index (κ1) is 32.3. The Morgan fingerprint density at radius 1 is 0.578 bits per heavy atom. The first-order valence-electron chi connectivity index (χ1n) is 16.1. The normalized spacial score (nSPS) is 25.7. The standard InChI is InChI=1S/C34H46O11/c1-34(35-2)44-32-30(21-40-28-11-7-26(8-12-28)38-17-15-36-19-24-3-4-24)42-23-43-31(33(32)45-34)22-41-29-13-9-27(10-14-29)39-18-16-37-20-25-5-6-25/h7-14,24-25,30-33H,3-6,15-23H2,1-2H3/t30-,31-,32-,33-/m1/s1. The van der Waals surface area contributed by atoms with Crippen molar-refractivity contribution in [1.82, 2.24) is 0 Å². The Labute approximate surface area is 265 Å². The van der Waals surface area contributed by atoms with Crippen LogP contribution < -0.4 is 18.9 Å². The van der Waals surface area contributed by atoms with E-state index in [1.807, 2.05) is 48.5 Å². The summed E-state index contributed by atoms with van der Waals surface area (Å²) in [5, 5.41) is 0. The van der Waals surface area contributed by atoms with Gasteiger partial charge >= 0.3 is 0 Å². The Bertz CT molecular complexity index is 1070. The zero-order valence-electron chi connectivity index (χ0n) is 26.3. The molecular weight excluding hydrogens is 584 g/mol. The highest BCUT2D eigenvalue weighted by atomic mass is 16.9. The van der Waals surface area contributed by atoms with Crippen molar-refractivity contribution in [1.29, 1.82) is 0 Å². The molecule has 0 aromatic heterocycles. The van der Waals surface area contributed by atoms with Crippen molar-refractivity contribution < 1.29 is 52.1 Å². The molecule has 0 bridgehead atoms. The van der Waals surface area contributed by atoms with E-state index in [1.54, 1.807) is 6.92 Å². The molecular formula is C34H46O11. The largest absolute Gasteiger partial charge is 0.491 e. The van der Waals surface area contributed by atoms with Crippen LogP contribution in [0.15, 0.2) is 48.5 Å². The number of rotatable bonds is 19. The molecule has 0 radical (unpaired) electrons. The van der Waals surface area contributed by atoms with Gasteiger partial charge in [0.15, 0.2) is 0 Å². The summed E-state index contributed by atoms with van der Waals surface area (Å²) >= 11 is 0. The summed E-state index contributed by atoms with van der Waals surface area (Å²) in [5.41, 5.74) is 0. The van der Waals surface area contributed by atoms with Crippen molar-refractivity contribution in [2.75, 3.05) is 66.8 Å². The minimum Gasteiger partial charge on any atom is -0.491 e. The van der Waals surface area contributed by atoms with Gasteiger partial charge in [0.25, 0.3) is 5.97 Å². The monoisotopic (exact) mass is 630 g/mol. The van der Waals surface area contributed by atoms with Crippen molar-refractivity contribution in [3.05, 3.63) is 48.5 Å². The molecule has 6 rings (SSSR count). The van der Waals surface area contributed by atoms with Gasteiger partial charge in [-0.2, -0.15) is 0 Å². The van der Waals surface area contributed by atoms with Crippen molar-refractivity contribution in [2.24, 2.45) is 11.8 Å². The number of ether oxygens (including phenoxy) is 11. The lowest BCUT2D eigenvalue weighted by Gasteiger charge is -2.25. The molecule has 2 saturated heterocycles. The van der Waals surface area contributed by atoms with E-state index in [4.69, 9.17) is 52.1 Å². The molecule has 0 N–H and O–H groups in total. The molecule has 0 amide bonds. The SMILES string of the molecule is COC1(C)O[C@H]2[C@H](O1)[C@@H](COc1ccc(OCCOCC3CC3)cc1)OCO[C@@H]2COc1ccc(OCCOCC2CC2)cc1. The number of benzene rings is 2. The molecule has 2 aliphatic carbocycles. The summed E-state index contributed by atoms with van der Waals surface area (Å²) in [7, 11) is 1.54. The minimum atomic E-state index is -1.25. The minimum absolute atomic E-state index is 0.0384. The molecule has 4 fully saturated rings. The van der Waals surface area contributed by atoms with E-state index in [0.29, 0.717) is 37.9 Å². The smallest absolute Gasteiger partial charge is 0.280 e. The van der Waals surface area contributed by atoms with Crippen molar-refractivity contribution in [3.63, 3.8) is 0 Å². The van der Waals surface area contributed by atoms with Crippen LogP contribution in [0.3, 0.4) is 0 Å². The summed E-state index contributed by atoms with van der Waals surface area (Å²) < 4.78 is 65.0. The molecule has 248 valence electrons. The van der Waals surface area contributed by atoms with Gasteiger partial charge in [-0.25, -0.2) is 0 Å². The highest BCUT2D eigenvalue weighted by Crippen LogP contribution is 2.37. The number of methoxy groups -OCH3 is 1. The zero-order valence-corrected chi connectivity index (χ0v) is 26.3. The van der Waals surface area contributed by atoms with Crippen LogP contribution in [0.4, 0.5) is 0 Å². The van der Waals surface area contributed by atoms with Crippen LogP contribution in [-0.4, -0.2) is 97.1 Å². The molecule has 2 aromatic rings. The molecule has 11 nitrogen and oxygen atoms in total. The Balaban J connectivity index is 0.961. The summed E-state index contributed by atoms with van der Waals surface area (Å²) in [6.45, 7) is 6.09. The second kappa shape index (κ2) is 15.8. The van der Waals surface area contributed by atoms with Crippen molar-refractivity contribution in [3.8, 4) is 23.0 Å². The van der Waals surface area contributed by atoms with E-state index < -0.39 is 30.4 Å². The second-order valence-corrected chi connectivity index (χ2v) is 12.1. The van der Waals surface area contributed by atoms with E-state index >= 15 is 0 Å². The fourth-order valence-electron chi connectivity index (χ4n) is 5.14. The first-order chi connectivity index (χ1) is 22.1. The highest BCUT2D eigenvalue weighted by Gasteiger charge is 2.53. The first-order valence-corrected chi connectivity index (χ1v) is 16.1. The predicted molar refractivity (Wildman–Crippen MR) is 162 cm³/mol. The van der Waals surface area contributed by atoms with Gasteiger partial charge in [0.2, 0.25) is 0 Å². The van der Waals surface area contributed by atoms with Crippen LogP contribution >= 0.6 is 0 Å². The van der Waals surface area contributed by atoms with Crippen LogP contribution in [-0.2, 0) is 33.2 Å². The van der Waals surface area contributed by atoms with Gasteiger partial charge in [-0.3, -0.25) is 0 Å². The second-order valence-electron chi connectivity index (χ2n) is 12.1. The maximum absolute atomic E-state index is 6.21. The molecule has 2 saturated carbocycles. The lowest BCUT2D eigenvalue weighted by molar-refractivity contribution is -0.330. The number of hydrogen-bond acceptors (Lipinski definition) is 11. The highest BCUT2D eigenvalue weighted by molar-refractivity contribution is 5.32. The maximum atomic E-state index is 6.21. The molecule has 4 aliphatic rings. The topological polar surface area (TPSA) is 102 Å². The number of hydrogen-bond donors (Lipinski definition) is 0. The van der Waals surface area contributed by atoms with Crippen LogP contribution in [0.2, 0.25) is 0 Å². The fraction of sp³-hybridized carbons (Fsp3) is 0.647. The summed E-state index contributed by atoms with van der Waals surface area (Å²) in [6.07, 6.45) is 3.17. The van der Waals surface area contributed by atoms with Gasteiger partial charge in [-0.1, -0.05) is 0 Å². The summed E-state index contributed by atoms with van der Waals surface area (Å²) in [6, 6.07) is 15.0. The van der Waals surface area contributed by atoms with Gasteiger partial charge in [0, 0.05) is 27.2 Å². The third kappa shape index (κ3) is 9.92. The fourth-order valence-corrected chi connectivity index (χ4v) is 5.14. The molecule has 0 spiro atoms. The molecule has 45 heavy (non-hydrogen) atoms. The molecule has 2 aromatic carbocycles. The van der Waals surface area contributed by atoms with E-state index in [1.165, 1.54) is 32.8 Å². The molecule has 2 aliphatic heterocycles. The predicted octanol–water partition coefficient (Wildman–Crippen LogP) is 4.60. The molecule has 0 unspecified atom stereocenters. The third-order valence-corrected chi connectivity index (χ3v) is 8.26. The van der Waals surface area contributed by atoms with E-state index in [9.17, 15) is 0 Å². The van der Waals surface area contributed by atoms with Gasteiger partial charge in [0.05, 0.1) is 13.2 Å². The van der Waals surface area contributed by atoms with Crippen LogP contribution in [0.5, 0.6) is 23.0 Å². The third-order valence-electron chi connectivity index (χ3n) is 8.26.